The van der Waals surface area contributed by atoms with Gasteiger partial charge in [-0.25, -0.2) is 4.99 Å². The Hall–Kier alpha value is -2.57. The highest BCUT2D eigenvalue weighted by atomic mass is 16.2. The molecular weight excluding hydrogens is 366 g/mol. The normalized spacial score (nSPS) is 14.9. The van der Waals surface area contributed by atoms with Crippen LogP contribution < -0.4 is 10.6 Å². The van der Waals surface area contributed by atoms with E-state index in [1.165, 1.54) is 0 Å². The summed E-state index contributed by atoms with van der Waals surface area (Å²) in [6.07, 6.45) is 1.61. The maximum atomic E-state index is 12.2. The van der Waals surface area contributed by atoms with E-state index in [1.807, 2.05) is 62.7 Å². The van der Waals surface area contributed by atoms with Crippen LogP contribution in [0.15, 0.2) is 29.3 Å². The number of carbonyl (C=O) groups is 2. The molecular formula is C22H35N5O2. The van der Waals surface area contributed by atoms with Gasteiger partial charge in [-0.05, 0) is 45.2 Å². The molecule has 7 nitrogen and oxygen atoms in total. The molecule has 1 aliphatic rings. The van der Waals surface area contributed by atoms with Crippen molar-refractivity contribution in [3.05, 3.63) is 35.4 Å². The van der Waals surface area contributed by atoms with Crippen molar-refractivity contribution in [3.8, 4) is 0 Å². The third kappa shape index (κ3) is 7.75. The number of amides is 2. The first kappa shape index (κ1) is 22.7. The minimum atomic E-state index is -0.259. The molecule has 2 amide bonds. The number of rotatable bonds is 7. The first-order valence-corrected chi connectivity index (χ1v) is 10.3. The van der Waals surface area contributed by atoms with E-state index in [4.69, 9.17) is 4.99 Å². The summed E-state index contributed by atoms with van der Waals surface area (Å²) in [5.41, 5.74) is 1.94. The highest BCUT2D eigenvalue weighted by Crippen LogP contribution is 2.15. The summed E-state index contributed by atoms with van der Waals surface area (Å²) in [4.78, 5) is 32.5. The zero-order chi connectivity index (χ0) is 21.4. The summed E-state index contributed by atoms with van der Waals surface area (Å²) in [5.74, 6) is 0.887. The highest BCUT2D eigenvalue weighted by Gasteiger charge is 2.20. The van der Waals surface area contributed by atoms with Crippen LogP contribution in [0.2, 0.25) is 0 Å². The number of hydrogen-bond acceptors (Lipinski definition) is 3. The van der Waals surface area contributed by atoms with Crippen molar-refractivity contribution in [2.45, 2.75) is 59.2 Å². The van der Waals surface area contributed by atoms with Gasteiger partial charge in [-0.3, -0.25) is 9.59 Å². The summed E-state index contributed by atoms with van der Waals surface area (Å²) in [6.45, 7) is 10.9. The summed E-state index contributed by atoms with van der Waals surface area (Å²) in [6, 6.07) is 8.20. The van der Waals surface area contributed by atoms with Gasteiger partial charge in [-0.2, -0.15) is 0 Å². The second kappa shape index (κ2) is 10.3. The number of likely N-dealkylation sites (N-methyl/N-ethyl adjacent to an activating group) is 1. The van der Waals surface area contributed by atoms with Crippen LogP contribution in [0, 0.1) is 0 Å². The van der Waals surface area contributed by atoms with Crippen molar-refractivity contribution >= 4 is 17.8 Å². The summed E-state index contributed by atoms with van der Waals surface area (Å²) in [7, 11) is 1.86. The molecule has 7 heteroatoms. The molecule has 2 N–H and O–H groups in total. The van der Waals surface area contributed by atoms with Crippen LogP contribution in [0.4, 0.5) is 0 Å². The second-order valence-electron chi connectivity index (χ2n) is 8.56. The maximum Gasteiger partial charge on any atom is 0.240 e. The van der Waals surface area contributed by atoms with Crippen LogP contribution in [0.3, 0.4) is 0 Å². The Morgan fingerprint density at radius 3 is 2.62 bits per heavy atom. The van der Waals surface area contributed by atoms with E-state index >= 15 is 0 Å². The van der Waals surface area contributed by atoms with E-state index in [-0.39, 0.29) is 23.9 Å². The topological polar surface area (TPSA) is 77.0 Å². The molecule has 160 valence electrons. The smallest absolute Gasteiger partial charge is 0.240 e. The van der Waals surface area contributed by atoms with Crippen LogP contribution in [0.25, 0.3) is 0 Å². The first-order chi connectivity index (χ1) is 13.7. The molecule has 0 atom stereocenters. The monoisotopic (exact) mass is 401 g/mol. The van der Waals surface area contributed by atoms with Crippen LogP contribution >= 0.6 is 0 Å². The molecule has 1 aromatic rings. The fraction of sp³-hybridized carbons (Fsp3) is 0.591. The number of likely N-dealkylation sites (tertiary alicyclic amines) is 1. The van der Waals surface area contributed by atoms with Gasteiger partial charge >= 0.3 is 0 Å². The maximum absolute atomic E-state index is 12.2. The lowest BCUT2D eigenvalue weighted by atomic mass is 10.1. The molecule has 1 aliphatic heterocycles. The average molecular weight is 402 g/mol. The minimum Gasteiger partial charge on any atom is -0.357 e. The number of nitrogens with zero attached hydrogens (tertiary/aromatic N) is 3. The number of nitrogens with one attached hydrogen (secondary N) is 2. The fourth-order valence-electron chi connectivity index (χ4n) is 3.30. The van der Waals surface area contributed by atoms with E-state index in [0.717, 1.165) is 30.6 Å². The standard InChI is InChI=1S/C22H35N5O2/c1-6-23-21(26(5)16-19(28)25-22(2,3)4)24-14-17-9-7-10-18(13-17)15-27-12-8-11-20(27)29/h7,9-10,13H,6,8,11-12,14-16H2,1-5H3,(H,23,24)(H,25,28). The van der Waals surface area contributed by atoms with Gasteiger partial charge in [0.05, 0.1) is 13.1 Å². The minimum absolute atomic E-state index is 0.0390. The lowest BCUT2D eigenvalue weighted by Crippen LogP contribution is -2.48. The third-order valence-electron chi connectivity index (χ3n) is 4.54. The third-order valence-corrected chi connectivity index (χ3v) is 4.54. The Kier molecular flexibility index (Phi) is 8.05. The zero-order valence-electron chi connectivity index (χ0n) is 18.4. The number of aliphatic imine (C=N–C) groups is 1. The molecule has 0 unspecified atom stereocenters. The number of hydrogen-bond donors (Lipinski definition) is 2. The van der Waals surface area contributed by atoms with Crippen LogP contribution in [-0.4, -0.2) is 59.8 Å². The number of carbonyl (C=O) groups excluding carboxylic acids is 2. The molecule has 0 aliphatic carbocycles. The van der Waals surface area contributed by atoms with E-state index in [2.05, 4.69) is 16.7 Å². The van der Waals surface area contributed by atoms with Crippen molar-refractivity contribution in [3.63, 3.8) is 0 Å². The number of guanidine groups is 1. The van der Waals surface area contributed by atoms with E-state index < -0.39 is 0 Å². The molecule has 0 bridgehead atoms. The second-order valence-corrected chi connectivity index (χ2v) is 8.56. The molecule has 1 heterocycles. The summed E-state index contributed by atoms with van der Waals surface area (Å²) in [5, 5.41) is 6.21. The lowest BCUT2D eigenvalue weighted by Gasteiger charge is -2.25. The SMILES string of the molecule is CCNC(=NCc1cccc(CN2CCCC2=O)c1)N(C)CC(=O)NC(C)(C)C. The molecule has 29 heavy (non-hydrogen) atoms. The molecule has 0 saturated carbocycles. The Balaban J connectivity index is 2.00. The zero-order valence-corrected chi connectivity index (χ0v) is 18.4. The van der Waals surface area contributed by atoms with Gasteiger partial charge in [0.25, 0.3) is 0 Å². The predicted octanol–water partition coefficient (Wildman–Crippen LogP) is 2.12. The molecule has 0 aromatic heterocycles. The van der Waals surface area contributed by atoms with Gasteiger partial charge in [0.15, 0.2) is 5.96 Å². The average Bonchev–Trinajstić information content (AvgIpc) is 3.02. The van der Waals surface area contributed by atoms with Gasteiger partial charge in [0.2, 0.25) is 11.8 Å². The Labute approximate surface area is 174 Å². The van der Waals surface area contributed by atoms with Crippen molar-refractivity contribution in [2.24, 2.45) is 4.99 Å². The molecule has 1 saturated heterocycles. The van der Waals surface area contributed by atoms with Gasteiger partial charge in [0.1, 0.15) is 0 Å². The predicted molar refractivity (Wildman–Crippen MR) is 116 cm³/mol. The summed E-state index contributed by atoms with van der Waals surface area (Å²) >= 11 is 0. The quantitative estimate of drug-likeness (QED) is 0.542. The van der Waals surface area contributed by atoms with Gasteiger partial charge in [-0.1, -0.05) is 24.3 Å². The lowest BCUT2D eigenvalue weighted by molar-refractivity contribution is -0.128. The highest BCUT2D eigenvalue weighted by molar-refractivity contribution is 5.86. The summed E-state index contributed by atoms with van der Waals surface area (Å²) < 4.78 is 0. The van der Waals surface area contributed by atoms with E-state index in [0.29, 0.717) is 25.5 Å². The van der Waals surface area contributed by atoms with Crippen molar-refractivity contribution < 1.29 is 9.59 Å². The fourth-order valence-corrected chi connectivity index (χ4v) is 3.30. The Morgan fingerprint density at radius 1 is 1.28 bits per heavy atom. The Morgan fingerprint density at radius 2 is 2.00 bits per heavy atom. The van der Waals surface area contributed by atoms with Gasteiger partial charge in [-0.15, -0.1) is 0 Å². The first-order valence-electron chi connectivity index (χ1n) is 10.3. The van der Waals surface area contributed by atoms with Crippen LogP contribution in [0.1, 0.15) is 51.7 Å². The van der Waals surface area contributed by atoms with Crippen molar-refractivity contribution in [2.75, 3.05) is 26.7 Å². The molecule has 0 radical (unpaired) electrons. The van der Waals surface area contributed by atoms with E-state index in [9.17, 15) is 9.59 Å². The van der Waals surface area contributed by atoms with Gasteiger partial charge in [0, 0.05) is 38.6 Å². The Bertz CT molecular complexity index is 739. The molecule has 2 rings (SSSR count). The van der Waals surface area contributed by atoms with Gasteiger partial charge < -0.3 is 20.4 Å². The van der Waals surface area contributed by atoms with E-state index in [1.54, 1.807) is 0 Å². The molecule has 0 spiro atoms. The van der Waals surface area contributed by atoms with Crippen molar-refractivity contribution in [1.29, 1.82) is 0 Å². The largest absolute Gasteiger partial charge is 0.357 e. The van der Waals surface area contributed by atoms with Crippen LogP contribution in [-0.2, 0) is 22.7 Å². The number of benzene rings is 1. The van der Waals surface area contributed by atoms with Crippen LogP contribution in [0.5, 0.6) is 0 Å². The van der Waals surface area contributed by atoms with Crippen molar-refractivity contribution in [1.82, 2.24) is 20.4 Å². The molecule has 1 fully saturated rings. The molecule has 1 aromatic carbocycles.